The number of rotatable bonds is 14. The second-order valence-corrected chi connectivity index (χ2v) is 8.02. The number of hydrogen-bond acceptors (Lipinski definition) is 6. The van der Waals surface area contributed by atoms with E-state index in [9.17, 15) is 15.0 Å². The van der Waals surface area contributed by atoms with E-state index in [1.54, 1.807) is 0 Å². The molecule has 0 saturated carbocycles. The van der Waals surface area contributed by atoms with Crippen LogP contribution in [0.2, 0.25) is 6.04 Å². The van der Waals surface area contributed by atoms with Gasteiger partial charge in [-0.05, 0) is 40.0 Å². The molecule has 0 saturated heterocycles. The average molecular weight is 337 g/mol. The Hall–Kier alpha value is -0.513. The van der Waals surface area contributed by atoms with Crippen LogP contribution in [0.1, 0.15) is 46.5 Å². The number of amides is 1. The zero-order valence-electron chi connectivity index (χ0n) is 14.0. The van der Waals surface area contributed by atoms with E-state index in [0.29, 0.717) is 38.5 Å². The van der Waals surface area contributed by atoms with Crippen LogP contribution in [0.15, 0.2) is 0 Å². The van der Waals surface area contributed by atoms with Gasteiger partial charge in [0.2, 0.25) is 5.91 Å². The maximum atomic E-state index is 10.9. The molecule has 132 valence electrons. The first-order valence-corrected chi connectivity index (χ1v) is 9.78. The molecule has 22 heavy (non-hydrogen) atoms. The van der Waals surface area contributed by atoms with Crippen molar-refractivity contribution < 1.29 is 28.3 Å². The molecule has 0 unspecified atom stereocenters. The van der Waals surface area contributed by atoms with E-state index in [1.807, 2.05) is 20.8 Å². The van der Waals surface area contributed by atoms with Crippen molar-refractivity contribution in [1.29, 1.82) is 0 Å². The van der Waals surface area contributed by atoms with E-state index in [0.717, 1.165) is 0 Å². The summed E-state index contributed by atoms with van der Waals surface area (Å²) >= 11 is 0. The van der Waals surface area contributed by atoms with Gasteiger partial charge in [0, 0.05) is 38.9 Å². The van der Waals surface area contributed by atoms with Crippen LogP contribution in [0.5, 0.6) is 0 Å². The van der Waals surface area contributed by atoms with Crippen LogP contribution < -0.4 is 5.73 Å². The summed E-state index contributed by atoms with van der Waals surface area (Å²) in [5.74, 6) is -0.371. The van der Waals surface area contributed by atoms with Gasteiger partial charge < -0.3 is 29.2 Å². The van der Waals surface area contributed by atoms with Crippen LogP contribution in [-0.2, 0) is 18.1 Å². The summed E-state index contributed by atoms with van der Waals surface area (Å²) < 4.78 is 17.8. The summed E-state index contributed by atoms with van der Waals surface area (Å²) in [4.78, 5) is 10.9. The lowest BCUT2D eigenvalue weighted by molar-refractivity contribution is -0.118. The first-order chi connectivity index (χ1) is 10.4. The van der Waals surface area contributed by atoms with Crippen molar-refractivity contribution in [3.05, 3.63) is 0 Å². The molecular weight excluding hydrogens is 306 g/mol. The molecule has 1 amide bonds. The summed E-state index contributed by atoms with van der Waals surface area (Å²) in [5.41, 5.74) is 4.45. The van der Waals surface area contributed by atoms with Gasteiger partial charge in [-0.3, -0.25) is 4.79 Å². The number of carbonyl (C=O) groups is 1. The Labute approximate surface area is 134 Å². The third-order valence-corrected chi connectivity index (χ3v) is 6.54. The van der Waals surface area contributed by atoms with Crippen molar-refractivity contribution >= 4 is 14.7 Å². The highest BCUT2D eigenvalue weighted by molar-refractivity contribution is 6.60. The van der Waals surface area contributed by atoms with Crippen molar-refractivity contribution in [2.45, 2.75) is 58.1 Å². The Morgan fingerprint density at radius 1 is 1.14 bits per heavy atom. The second kappa shape index (κ2) is 11.1. The number of primary amides is 1. The molecule has 4 N–H and O–H groups in total. The monoisotopic (exact) mass is 337 g/mol. The Kier molecular flexibility index (Phi) is 10.8. The van der Waals surface area contributed by atoms with Gasteiger partial charge in [-0.2, -0.15) is 0 Å². The van der Waals surface area contributed by atoms with Gasteiger partial charge in [-0.1, -0.05) is 0 Å². The van der Waals surface area contributed by atoms with E-state index in [2.05, 4.69) is 0 Å². The van der Waals surface area contributed by atoms with Crippen molar-refractivity contribution in [2.75, 3.05) is 26.4 Å². The number of aliphatic hydroxyl groups is 2. The predicted molar refractivity (Wildman–Crippen MR) is 85.1 cm³/mol. The maximum Gasteiger partial charge on any atom is 0.501 e. The van der Waals surface area contributed by atoms with Crippen molar-refractivity contribution in [3.63, 3.8) is 0 Å². The molecule has 0 aromatic heterocycles. The van der Waals surface area contributed by atoms with Crippen molar-refractivity contribution in [1.82, 2.24) is 0 Å². The van der Waals surface area contributed by atoms with E-state index in [-0.39, 0.29) is 25.5 Å². The molecule has 8 heteroatoms. The molecule has 0 atom stereocenters. The molecule has 0 spiro atoms. The minimum Gasteiger partial charge on any atom is -0.396 e. The minimum atomic E-state index is -3.00. The molecule has 0 aliphatic heterocycles. The van der Waals surface area contributed by atoms with Gasteiger partial charge in [0.25, 0.3) is 0 Å². The minimum absolute atomic E-state index is 0.0550. The van der Waals surface area contributed by atoms with Crippen LogP contribution >= 0.6 is 0 Å². The molecule has 0 aromatic carbocycles. The van der Waals surface area contributed by atoms with Gasteiger partial charge in [0.15, 0.2) is 0 Å². The lowest BCUT2D eigenvalue weighted by Gasteiger charge is -2.39. The molecule has 0 rings (SSSR count). The van der Waals surface area contributed by atoms with Gasteiger partial charge >= 0.3 is 8.80 Å². The van der Waals surface area contributed by atoms with Gasteiger partial charge in [0.05, 0.1) is 5.60 Å². The smallest absolute Gasteiger partial charge is 0.396 e. The fourth-order valence-electron chi connectivity index (χ4n) is 2.29. The number of aliphatic hydroxyl groups excluding tert-OH is 2. The predicted octanol–water partition coefficient (Wildman–Crippen LogP) is 0.804. The summed E-state index contributed by atoms with van der Waals surface area (Å²) in [7, 11) is -3.00. The second-order valence-electron chi connectivity index (χ2n) is 5.37. The van der Waals surface area contributed by atoms with Crippen LogP contribution in [-0.4, -0.2) is 57.0 Å². The largest absolute Gasteiger partial charge is 0.501 e. The molecule has 0 fully saturated rings. The third kappa shape index (κ3) is 8.21. The molecular formula is C14H31NO6Si. The molecule has 7 nitrogen and oxygen atoms in total. The first kappa shape index (κ1) is 21.5. The van der Waals surface area contributed by atoms with Gasteiger partial charge in [-0.15, -0.1) is 0 Å². The summed E-state index contributed by atoms with van der Waals surface area (Å²) in [6, 6.07) is 0.476. The van der Waals surface area contributed by atoms with E-state index < -0.39 is 14.4 Å². The van der Waals surface area contributed by atoms with E-state index in [1.165, 1.54) is 0 Å². The highest BCUT2D eigenvalue weighted by Crippen LogP contribution is 2.30. The molecule has 0 heterocycles. The van der Waals surface area contributed by atoms with Gasteiger partial charge in [0.1, 0.15) is 0 Å². The highest BCUT2D eigenvalue weighted by atomic mass is 28.4. The lowest BCUT2D eigenvalue weighted by atomic mass is 9.99. The zero-order valence-corrected chi connectivity index (χ0v) is 15.0. The summed E-state index contributed by atoms with van der Waals surface area (Å²) in [6.45, 7) is 6.28. The number of carbonyl (C=O) groups excluding carboxylic acids is 1. The lowest BCUT2D eigenvalue weighted by Crippen LogP contribution is -2.53. The van der Waals surface area contributed by atoms with Crippen molar-refractivity contribution in [2.24, 2.45) is 5.73 Å². The standard InChI is InChI=1S/C14H31NO6Si/c1-4-19-22(20-5-2,12-6-7-13(15)18)21-14(3,8-10-16)9-11-17/h16-17H,4-12H2,1-3H3,(H2,15,18). The van der Waals surface area contributed by atoms with E-state index in [4.69, 9.17) is 19.0 Å². The molecule has 0 radical (unpaired) electrons. The third-order valence-electron chi connectivity index (χ3n) is 3.32. The van der Waals surface area contributed by atoms with Crippen LogP contribution in [0.25, 0.3) is 0 Å². The zero-order chi connectivity index (χ0) is 17.1. The Bertz CT molecular complexity index is 304. The van der Waals surface area contributed by atoms with E-state index >= 15 is 0 Å². The normalized spacial score (nSPS) is 12.6. The highest BCUT2D eigenvalue weighted by Gasteiger charge is 2.46. The quantitative estimate of drug-likeness (QED) is 0.404. The Balaban J connectivity index is 5.10. The average Bonchev–Trinajstić information content (AvgIpc) is 2.38. The number of nitrogens with two attached hydrogens (primary N) is 1. The van der Waals surface area contributed by atoms with Crippen LogP contribution in [0, 0.1) is 0 Å². The van der Waals surface area contributed by atoms with Crippen molar-refractivity contribution in [3.8, 4) is 0 Å². The Morgan fingerprint density at radius 3 is 2.00 bits per heavy atom. The number of hydrogen-bond donors (Lipinski definition) is 3. The van der Waals surface area contributed by atoms with Gasteiger partial charge in [-0.25, -0.2) is 0 Å². The summed E-state index contributed by atoms with van der Waals surface area (Å²) in [5, 5.41) is 18.5. The topological polar surface area (TPSA) is 111 Å². The fraction of sp³-hybridized carbons (Fsp3) is 0.929. The maximum absolute atomic E-state index is 10.9. The molecule has 0 aliphatic carbocycles. The Morgan fingerprint density at radius 2 is 1.64 bits per heavy atom. The molecule has 0 aliphatic rings. The van der Waals surface area contributed by atoms with Crippen LogP contribution in [0.4, 0.5) is 0 Å². The molecule has 0 bridgehead atoms. The fourth-order valence-corrected chi connectivity index (χ4v) is 5.33. The summed E-state index contributed by atoms with van der Waals surface area (Å²) in [6.07, 6.45) is 1.52. The molecule has 0 aromatic rings. The first-order valence-electron chi connectivity index (χ1n) is 7.85. The van der Waals surface area contributed by atoms with Crippen LogP contribution in [0.3, 0.4) is 0 Å². The SMILES string of the molecule is CCO[Si](CCCC(N)=O)(OCC)OC(C)(CCO)CCO.